The molecule has 1 amide bonds. The number of amides is 1. The van der Waals surface area contributed by atoms with Crippen LogP contribution in [0.2, 0.25) is 0 Å². The highest BCUT2D eigenvalue weighted by molar-refractivity contribution is 7.89. The average Bonchev–Trinajstić information content (AvgIpc) is 3.32. The van der Waals surface area contributed by atoms with E-state index >= 15 is 0 Å². The molecule has 4 rings (SSSR count). The Balaban J connectivity index is 1.44. The van der Waals surface area contributed by atoms with E-state index in [0.717, 1.165) is 25.2 Å². The largest absolute Gasteiger partial charge is 0.349 e. The molecule has 1 aromatic rings. The van der Waals surface area contributed by atoms with Gasteiger partial charge in [-0.25, -0.2) is 8.42 Å². The summed E-state index contributed by atoms with van der Waals surface area (Å²) in [5.74, 6) is 1.33. The summed E-state index contributed by atoms with van der Waals surface area (Å²) in [4.78, 5) is 12.7. The molecule has 3 fully saturated rings. The highest BCUT2D eigenvalue weighted by atomic mass is 32.2. The molecule has 2 saturated carbocycles. The van der Waals surface area contributed by atoms with Crippen molar-refractivity contribution in [2.45, 2.75) is 49.5 Å². The molecule has 1 saturated heterocycles. The third kappa shape index (κ3) is 2.86. The van der Waals surface area contributed by atoms with Gasteiger partial charge in [-0.3, -0.25) is 4.79 Å². The van der Waals surface area contributed by atoms with Gasteiger partial charge in [0.25, 0.3) is 5.91 Å². The van der Waals surface area contributed by atoms with Crippen LogP contribution < -0.4 is 5.32 Å². The van der Waals surface area contributed by atoms with Gasteiger partial charge in [0.05, 0.1) is 4.90 Å². The molecule has 2 bridgehead atoms. The van der Waals surface area contributed by atoms with Crippen LogP contribution in [0.25, 0.3) is 0 Å². The maximum atomic E-state index is 12.5. The van der Waals surface area contributed by atoms with E-state index in [1.54, 1.807) is 24.3 Å². The van der Waals surface area contributed by atoms with Gasteiger partial charge in [0.2, 0.25) is 10.0 Å². The van der Waals surface area contributed by atoms with Gasteiger partial charge in [-0.15, -0.1) is 0 Å². The topological polar surface area (TPSA) is 66.5 Å². The lowest BCUT2D eigenvalue weighted by Crippen LogP contribution is -2.38. The standard InChI is InChI=1S/C18H24N2O3S/c21-18(19-17-12-13-3-4-15(17)11-13)14-5-7-16(8-6-14)24(22,23)20-9-1-2-10-20/h5-8,13,15,17H,1-4,9-12H2,(H,19,21). The summed E-state index contributed by atoms with van der Waals surface area (Å²) in [6.07, 6.45) is 6.71. The Hall–Kier alpha value is -1.40. The van der Waals surface area contributed by atoms with Crippen molar-refractivity contribution >= 4 is 15.9 Å². The molecule has 1 aromatic carbocycles. The molecule has 0 radical (unpaired) electrons. The van der Waals surface area contributed by atoms with Crippen molar-refractivity contribution in [2.24, 2.45) is 11.8 Å². The predicted molar refractivity (Wildman–Crippen MR) is 91.1 cm³/mol. The number of carbonyl (C=O) groups is 1. The Morgan fingerprint density at radius 3 is 2.33 bits per heavy atom. The van der Waals surface area contributed by atoms with Crippen LogP contribution in [0.15, 0.2) is 29.2 Å². The van der Waals surface area contributed by atoms with Crippen molar-refractivity contribution in [3.8, 4) is 0 Å². The molecule has 24 heavy (non-hydrogen) atoms. The maximum absolute atomic E-state index is 12.5. The van der Waals surface area contributed by atoms with Crippen molar-refractivity contribution in [3.63, 3.8) is 0 Å². The van der Waals surface area contributed by atoms with E-state index in [9.17, 15) is 13.2 Å². The SMILES string of the molecule is O=C(NC1CC2CCC1C2)c1ccc(S(=O)(=O)N2CCCC2)cc1. The van der Waals surface area contributed by atoms with Gasteiger partial charge in [0, 0.05) is 24.7 Å². The van der Waals surface area contributed by atoms with Gasteiger partial charge in [-0.2, -0.15) is 4.31 Å². The number of rotatable bonds is 4. The molecule has 1 aliphatic heterocycles. The average molecular weight is 348 g/mol. The summed E-state index contributed by atoms with van der Waals surface area (Å²) in [5, 5.41) is 3.14. The number of nitrogens with zero attached hydrogens (tertiary/aromatic N) is 1. The van der Waals surface area contributed by atoms with Gasteiger partial charge < -0.3 is 5.32 Å². The van der Waals surface area contributed by atoms with Crippen molar-refractivity contribution in [1.82, 2.24) is 9.62 Å². The Morgan fingerprint density at radius 2 is 1.75 bits per heavy atom. The Bertz CT molecular complexity index is 723. The normalized spacial score (nSPS) is 29.9. The van der Waals surface area contributed by atoms with Gasteiger partial charge in [-0.1, -0.05) is 6.42 Å². The zero-order chi connectivity index (χ0) is 16.7. The molecule has 0 spiro atoms. The summed E-state index contributed by atoms with van der Waals surface area (Å²) < 4.78 is 26.5. The van der Waals surface area contributed by atoms with Crippen LogP contribution in [-0.4, -0.2) is 37.8 Å². The molecule has 3 atom stereocenters. The Morgan fingerprint density at radius 1 is 1.04 bits per heavy atom. The van der Waals surface area contributed by atoms with Crippen molar-refractivity contribution < 1.29 is 13.2 Å². The molecular formula is C18H24N2O3S. The fraction of sp³-hybridized carbons (Fsp3) is 0.611. The number of benzene rings is 1. The van der Waals surface area contributed by atoms with Gasteiger partial charge in [0.15, 0.2) is 0 Å². The highest BCUT2D eigenvalue weighted by Gasteiger charge is 2.40. The minimum atomic E-state index is -3.41. The van der Waals surface area contributed by atoms with Crippen LogP contribution in [0.5, 0.6) is 0 Å². The molecule has 1 N–H and O–H groups in total. The molecular weight excluding hydrogens is 324 g/mol. The molecule has 0 aromatic heterocycles. The van der Waals surface area contributed by atoms with Crippen LogP contribution >= 0.6 is 0 Å². The molecule has 130 valence electrons. The molecule has 2 aliphatic carbocycles. The van der Waals surface area contributed by atoms with Crippen molar-refractivity contribution in [3.05, 3.63) is 29.8 Å². The second-order valence-corrected chi connectivity index (χ2v) is 9.33. The number of sulfonamides is 1. The van der Waals surface area contributed by atoms with E-state index in [0.29, 0.717) is 30.6 Å². The van der Waals surface area contributed by atoms with Crippen LogP contribution in [-0.2, 0) is 10.0 Å². The first-order valence-corrected chi connectivity index (χ1v) is 10.4. The first kappa shape index (κ1) is 16.1. The van der Waals surface area contributed by atoms with Crippen LogP contribution in [0.3, 0.4) is 0 Å². The van der Waals surface area contributed by atoms with Crippen LogP contribution in [0, 0.1) is 11.8 Å². The van der Waals surface area contributed by atoms with E-state index in [2.05, 4.69) is 5.32 Å². The molecule has 1 heterocycles. The number of nitrogens with one attached hydrogen (secondary N) is 1. The summed E-state index contributed by atoms with van der Waals surface area (Å²) in [6, 6.07) is 6.67. The quantitative estimate of drug-likeness (QED) is 0.908. The lowest BCUT2D eigenvalue weighted by molar-refractivity contribution is 0.0923. The van der Waals surface area contributed by atoms with Gasteiger partial charge in [-0.05, 0) is 68.2 Å². The number of hydrogen-bond donors (Lipinski definition) is 1. The molecule has 3 aliphatic rings. The van der Waals surface area contributed by atoms with Gasteiger partial charge in [0.1, 0.15) is 0 Å². The van der Waals surface area contributed by atoms with E-state index in [-0.39, 0.29) is 10.8 Å². The summed E-state index contributed by atoms with van der Waals surface area (Å²) in [7, 11) is -3.41. The fourth-order valence-electron chi connectivity index (χ4n) is 4.53. The minimum Gasteiger partial charge on any atom is -0.349 e. The first-order chi connectivity index (χ1) is 11.5. The van der Waals surface area contributed by atoms with E-state index in [4.69, 9.17) is 0 Å². The summed E-state index contributed by atoms with van der Waals surface area (Å²) in [5.41, 5.74) is 0.540. The first-order valence-electron chi connectivity index (χ1n) is 8.95. The summed E-state index contributed by atoms with van der Waals surface area (Å²) in [6.45, 7) is 1.18. The predicted octanol–water partition coefficient (Wildman–Crippen LogP) is 2.39. The second kappa shape index (κ2) is 6.15. The zero-order valence-corrected chi connectivity index (χ0v) is 14.6. The monoisotopic (exact) mass is 348 g/mol. The Kier molecular flexibility index (Phi) is 4.12. The van der Waals surface area contributed by atoms with Crippen LogP contribution in [0.4, 0.5) is 0 Å². The summed E-state index contributed by atoms with van der Waals surface area (Å²) >= 11 is 0. The van der Waals surface area contributed by atoms with E-state index < -0.39 is 10.0 Å². The number of fused-ring (bicyclic) bond motifs is 2. The Labute approximate surface area is 143 Å². The molecule has 5 nitrogen and oxygen atoms in total. The van der Waals surface area contributed by atoms with E-state index in [1.807, 2.05) is 0 Å². The second-order valence-electron chi connectivity index (χ2n) is 7.39. The third-order valence-electron chi connectivity index (χ3n) is 5.87. The third-order valence-corrected chi connectivity index (χ3v) is 7.79. The van der Waals surface area contributed by atoms with Crippen molar-refractivity contribution in [2.75, 3.05) is 13.1 Å². The fourth-order valence-corrected chi connectivity index (χ4v) is 6.05. The smallest absolute Gasteiger partial charge is 0.251 e. The van der Waals surface area contributed by atoms with Crippen LogP contribution in [0.1, 0.15) is 48.9 Å². The minimum absolute atomic E-state index is 0.0855. The number of carbonyl (C=O) groups excluding carboxylic acids is 1. The van der Waals surface area contributed by atoms with Crippen molar-refractivity contribution in [1.29, 1.82) is 0 Å². The number of hydrogen-bond acceptors (Lipinski definition) is 3. The zero-order valence-electron chi connectivity index (χ0n) is 13.8. The maximum Gasteiger partial charge on any atom is 0.251 e. The lowest BCUT2D eigenvalue weighted by atomic mass is 9.95. The van der Waals surface area contributed by atoms with Gasteiger partial charge >= 0.3 is 0 Å². The molecule has 6 heteroatoms. The van der Waals surface area contributed by atoms with E-state index in [1.165, 1.54) is 23.6 Å². The molecule has 3 unspecified atom stereocenters. The highest BCUT2D eigenvalue weighted by Crippen LogP contribution is 2.44. The lowest BCUT2D eigenvalue weighted by Gasteiger charge is -2.23.